The predicted octanol–water partition coefficient (Wildman–Crippen LogP) is 7.14. The Kier molecular flexibility index (Phi) is 7.27. The van der Waals surface area contributed by atoms with Crippen molar-refractivity contribution in [2.45, 2.75) is 96.0 Å². The number of carbonyl (C=O) groups is 2. The summed E-state index contributed by atoms with van der Waals surface area (Å²) in [4.78, 5) is 24.6. The molecule has 0 bridgehead atoms. The van der Waals surface area contributed by atoms with Gasteiger partial charge < -0.3 is 9.47 Å². The minimum atomic E-state index is -0.315. The van der Waals surface area contributed by atoms with Crippen LogP contribution in [-0.4, -0.2) is 17.9 Å². The molecule has 0 amide bonds. The van der Waals surface area contributed by atoms with E-state index in [2.05, 4.69) is 37.3 Å². The molecule has 2 aromatic carbocycles. The van der Waals surface area contributed by atoms with E-state index in [1.54, 1.807) is 0 Å². The Hall–Kier alpha value is -2.62. The summed E-state index contributed by atoms with van der Waals surface area (Å²) in [5.41, 5.74) is 3.74. The van der Waals surface area contributed by atoms with Gasteiger partial charge in [-0.05, 0) is 86.3 Å². The molecule has 2 saturated carbocycles. The number of Topliss-reactive ketones (excluding diaryl/α,β-unsaturated/α-hetero) is 1. The van der Waals surface area contributed by atoms with E-state index in [0.29, 0.717) is 42.1 Å². The molecular formula is C31H38O4. The number of ether oxygens (including phenoxy) is 2. The van der Waals surface area contributed by atoms with Crippen molar-refractivity contribution >= 4 is 11.8 Å². The normalized spacial score (nSPS) is 26.2. The second-order valence-corrected chi connectivity index (χ2v) is 10.9. The van der Waals surface area contributed by atoms with Gasteiger partial charge in [0, 0.05) is 31.4 Å². The standard InChI is InChI=1S/C31H38O4/c1-20(9-8-12-22-10-4-3-5-11-22)34-24-18-29-26-14-7-6-13-25(26)27-16-15-23(33)17-28(27)31(29)30(19-24)35-21(2)32/h3-5,10-11,18-20,25-28H,6-9,12-17H2,1-2H3/t20-,25-,26-,27+,28-/m1/s1. The van der Waals surface area contributed by atoms with E-state index in [1.165, 1.54) is 43.7 Å². The van der Waals surface area contributed by atoms with Crippen LogP contribution in [-0.2, 0) is 16.0 Å². The zero-order valence-corrected chi connectivity index (χ0v) is 21.1. The topological polar surface area (TPSA) is 52.6 Å². The number of hydrogen-bond acceptors (Lipinski definition) is 4. The number of carbonyl (C=O) groups excluding carboxylic acids is 2. The van der Waals surface area contributed by atoms with Gasteiger partial charge >= 0.3 is 5.97 Å². The maximum Gasteiger partial charge on any atom is 0.308 e. The average molecular weight is 475 g/mol. The molecule has 2 aromatic rings. The lowest BCUT2D eigenvalue weighted by Crippen LogP contribution is -2.39. The summed E-state index contributed by atoms with van der Waals surface area (Å²) in [7, 11) is 0. The van der Waals surface area contributed by atoms with Crippen LogP contribution >= 0.6 is 0 Å². The van der Waals surface area contributed by atoms with Gasteiger partial charge in [-0.3, -0.25) is 9.59 Å². The molecule has 0 unspecified atom stereocenters. The Bertz CT molecular complexity index is 1060. The van der Waals surface area contributed by atoms with Gasteiger partial charge in [0.25, 0.3) is 0 Å². The zero-order valence-electron chi connectivity index (χ0n) is 21.1. The Labute approximate surface area is 209 Å². The summed E-state index contributed by atoms with van der Waals surface area (Å²) >= 11 is 0. The lowest BCUT2D eigenvalue weighted by atomic mass is 9.55. The number of aryl methyl sites for hydroxylation is 1. The Balaban J connectivity index is 1.41. The van der Waals surface area contributed by atoms with Gasteiger partial charge in [-0.2, -0.15) is 0 Å². The molecule has 2 fully saturated rings. The van der Waals surface area contributed by atoms with Gasteiger partial charge in [0.15, 0.2) is 0 Å². The van der Waals surface area contributed by atoms with E-state index < -0.39 is 0 Å². The number of ketones is 1. The lowest BCUT2D eigenvalue weighted by molar-refractivity contribution is -0.132. The van der Waals surface area contributed by atoms with Crippen molar-refractivity contribution < 1.29 is 19.1 Å². The fourth-order valence-electron chi connectivity index (χ4n) is 7.08. The van der Waals surface area contributed by atoms with E-state index in [4.69, 9.17) is 9.47 Å². The molecule has 0 saturated heterocycles. The van der Waals surface area contributed by atoms with Gasteiger partial charge in [0.05, 0.1) is 6.10 Å². The summed E-state index contributed by atoms with van der Waals surface area (Å²) in [6, 6.07) is 14.7. The summed E-state index contributed by atoms with van der Waals surface area (Å²) in [6.07, 6.45) is 10.3. The van der Waals surface area contributed by atoms with Crippen LogP contribution < -0.4 is 9.47 Å². The number of esters is 1. The average Bonchev–Trinajstić information content (AvgIpc) is 2.84. The summed E-state index contributed by atoms with van der Waals surface area (Å²) in [6.45, 7) is 3.58. The first-order chi connectivity index (χ1) is 17.0. The molecule has 0 heterocycles. The summed E-state index contributed by atoms with van der Waals surface area (Å²) in [5.74, 6) is 3.21. The third-order valence-electron chi connectivity index (χ3n) is 8.52. The number of benzene rings is 2. The molecule has 5 rings (SSSR count). The fourth-order valence-corrected chi connectivity index (χ4v) is 7.08. The molecule has 0 aromatic heterocycles. The monoisotopic (exact) mass is 474 g/mol. The van der Waals surface area contributed by atoms with Crippen LogP contribution in [0.15, 0.2) is 42.5 Å². The van der Waals surface area contributed by atoms with Gasteiger partial charge in [0.1, 0.15) is 17.3 Å². The Morgan fingerprint density at radius 2 is 1.80 bits per heavy atom. The number of fused-ring (bicyclic) bond motifs is 6. The summed E-state index contributed by atoms with van der Waals surface area (Å²) in [5, 5.41) is 0. The van der Waals surface area contributed by atoms with E-state index in [9.17, 15) is 9.59 Å². The SMILES string of the molecule is CC(=O)Oc1cc(O[C@H](C)CCCc2ccccc2)cc2c1[C@@H]1CC(=O)CC[C@H]1[C@@H]1CCCC[C@@H]21. The van der Waals surface area contributed by atoms with Gasteiger partial charge in [0.2, 0.25) is 0 Å². The highest BCUT2D eigenvalue weighted by atomic mass is 16.5. The van der Waals surface area contributed by atoms with Crippen LogP contribution in [0.1, 0.15) is 100 Å². The molecule has 4 heteroatoms. The zero-order chi connectivity index (χ0) is 24.4. The van der Waals surface area contributed by atoms with Gasteiger partial charge in [-0.25, -0.2) is 0 Å². The van der Waals surface area contributed by atoms with Gasteiger partial charge in [-0.15, -0.1) is 0 Å². The largest absolute Gasteiger partial charge is 0.491 e. The molecule has 5 atom stereocenters. The molecular weight excluding hydrogens is 436 g/mol. The maximum atomic E-state index is 12.5. The first-order valence-electron chi connectivity index (χ1n) is 13.6. The first kappa shape index (κ1) is 24.1. The molecule has 186 valence electrons. The molecule has 3 aliphatic carbocycles. The highest BCUT2D eigenvalue weighted by Gasteiger charge is 2.47. The molecule has 0 radical (unpaired) electrons. The number of hydrogen-bond donors (Lipinski definition) is 0. The Morgan fingerprint density at radius 1 is 1.03 bits per heavy atom. The van der Waals surface area contributed by atoms with Crippen LogP contribution in [0.5, 0.6) is 11.5 Å². The lowest BCUT2D eigenvalue weighted by Gasteiger charge is -2.49. The highest BCUT2D eigenvalue weighted by Crippen LogP contribution is 2.59. The van der Waals surface area contributed by atoms with Crippen molar-refractivity contribution in [3.8, 4) is 11.5 Å². The van der Waals surface area contributed by atoms with Crippen LogP contribution in [0.4, 0.5) is 0 Å². The molecule has 35 heavy (non-hydrogen) atoms. The quantitative estimate of drug-likeness (QED) is 0.316. The minimum Gasteiger partial charge on any atom is -0.491 e. The van der Waals surface area contributed by atoms with Crippen molar-refractivity contribution in [2.75, 3.05) is 0 Å². The van der Waals surface area contributed by atoms with E-state index >= 15 is 0 Å². The third kappa shape index (κ3) is 5.32. The Morgan fingerprint density at radius 3 is 2.60 bits per heavy atom. The van der Waals surface area contributed by atoms with Crippen molar-refractivity contribution in [2.24, 2.45) is 11.8 Å². The van der Waals surface area contributed by atoms with E-state index in [0.717, 1.165) is 37.0 Å². The third-order valence-corrected chi connectivity index (χ3v) is 8.52. The fraction of sp³-hybridized carbons (Fsp3) is 0.548. The molecule has 4 nitrogen and oxygen atoms in total. The van der Waals surface area contributed by atoms with Crippen molar-refractivity contribution in [1.29, 1.82) is 0 Å². The minimum absolute atomic E-state index is 0.0664. The van der Waals surface area contributed by atoms with Crippen molar-refractivity contribution in [3.63, 3.8) is 0 Å². The second kappa shape index (κ2) is 10.6. The maximum absolute atomic E-state index is 12.5. The van der Waals surface area contributed by atoms with E-state index in [-0.39, 0.29) is 18.0 Å². The van der Waals surface area contributed by atoms with Crippen molar-refractivity contribution in [3.05, 3.63) is 59.2 Å². The smallest absolute Gasteiger partial charge is 0.308 e. The van der Waals surface area contributed by atoms with Crippen LogP contribution in [0.3, 0.4) is 0 Å². The predicted molar refractivity (Wildman–Crippen MR) is 137 cm³/mol. The molecule has 3 aliphatic rings. The molecule has 0 aliphatic heterocycles. The number of rotatable bonds is 7. The molecule has 0 spiro atoms. The van der Waals surface area contributed by atoms with Crippen LogP contribution in [0.2, 0.25) is 0 Å². The molecule has 0 N–H and O–H groups in total. The highest BCUT2D eigenvalue weighted by molar-refractivity contribution is 5.81. The van der Waals surface area contributed by atoms with Gasteiger partial charge in [-0.1, -0.05) is 43.2 Å². The van der Waals surface area contributed by atoms with Crippen LogP contribution in [0, 0.1) is 11.8 Å². The summed E-state index contributed by atoms with van der Waals surface area (Å²) < 4.78 is 12.2. The second-order valence-electron chi connectivity index (χ2n) is 10.9. The van der Waals surface area contributed by atoms with E-state index in [1.807, 2.05) is 12.1 Å². The first-order valence-corrected chi connectivity index (χ1v) is 13.6. The van der Waals surface area contributed by atoms with Crippen molar-refractivity contribution in [1.82, 2.24) is 0 Å². The van der Waals surface area contributed by atoms with Crippen LogP contribution in [0.25, 0.3) is 0 Å².